The van der Waals surface area contributed by atoms with Crippen molar-refractivity contribution in [1.29, 1.82) is 0 Å². The van der Waals surface area contributed by atoms with Gasteiger partial charge in [0.15, 0.2) is 0 Å². The Morgan fingerprint density at radius 3 is 2.45 bits per heavy atom. The van der Waals surface area contributed by atoms with E-state index in [4.69, 9.17) is 11.6 Å². The molecule has 1 atom stereocenters. The largest absolute Gasteiger partial charge is 0.507 e. The zero-order valence-corrected chi connectivity index (χ0v) is 16.2. The van der Waals surface area contributed by atoms with Gasteiger partial charge in [-0.05, 0) is 30.3 Å². The molecule has 1 saturated heterocycles. The molecular weight excluding hydrogens is 399 g/mol. The van der Waals surface area contributed by atoms with Crippen molar-refractivity contribution in [3.63, 3.8) is 0 Å². The zero-order chi connectivity index (χ0) is 21.1. The van der Waals surface area contributed by atoms with E-state index in [1.165, 1.54) is 49.4 Å². The van der Waals surface area contributed by atoms with Gasteiger partial charge >= 0.3 is 0 Å². The summed E-state index contributed by atoms with van der Waals surface area (Å²) < 4.78 is 14.6. The highest BCUT2D eigenvalue weighted by atomic mass is 35.5. The number of hydrogen-bond donors (Lipinski definition) is 2. The van der Waals surface area contributed by atoms with E-state index in [9.17, 15) is 23.9 Å². The summed E-state index contributed by atoms with van der Waals surface area (Å²) >= 11 is 5.87. The van der Waals surface area contributed by atoms with Crippen LogP contribution in [0.2, 0.25) is 5.02 Å². The molecular formula is C21H18ClFN2O4. The summed E-state index contributed by atoms with van der Waals surface area (Å²) in [5, 5.41) is 13.8. The molecule has 1 fully saturated rings. The number of carbonyl (C=O) groups excluding carboxylic acids is 3. The van der Waals surface area contributed by atoms with Gasteiger partial charge < -0.3 is 15.3 Å². The number of aliphatic hydroxyl groups is 1. The molecule has 150 valence electrons. The lowest BCUT2D eigenvalue weighted by molar-refractivity contribution is -0.140. The van der Waals surface area contributed by atoms with Crippen molar-refractivity contribution in [2.24, 2.45) is 0 Å². The number of hydrogen-bond acceptors (Lipinski definition) is 4. The Labute approximate surface area is 171 Å². The summed E-state index contributed by atoms with van der Waals surface area (Å²) in [6.45, 7) is 1.37. The highest BCUT2D eigenvalue weighted by molar-refractivity contribution is 6.46. The maximum absolute atomic E-state index is 14.6. The summed E-state index contributed by atoms with van der Waals surface area (Å²) in [6, 6.07) is 10.7. The van der Waals surface area contributed by atoms with E-state index in [0.29, 0.717) is 5.02 Å². The molecule has 6 nitrogen and oxygen atoms in total. The van der Waals surface area contributed by atoms with E-state index >= 15 is 0 Å². The van der Waals surface area contributed by atoms with Crippen LogP contribution in [-0.2, 0) is 14.4 Å². The van der Waals surface area contributed by atoms with E-state index in [0.717, 1.165) is 4.90 Å². The second-order valence-electron chi connectivity index (χ2n) is 6.50. The van der Waals surface area contributed by atoms with Gasteiger partial charge in [0, 0.05) is 36.2 Å². The fraction of sp³-hybridized carbons (Fsp3) is 0.190. The second kappa shape index (κ2) is 8.45. The molecule has 2 aromatic carbocycles. The number of benzene rings is 2. The van der Waals surface area contributed by atoms with Crippen molar-refractivity contribution in [2.45, 2.75) is 13.0 Å². The molecule has 8 heteroatoms. The lowest BCUT2D eigenvalue weighted by atomic mass is 9.95. The fourth-order valence-electron chi connectivity index (χ4n) is 3.25. The Morgan fingerprint density at radius 2 is 1.83 bits per heavy atom. The smallest absolute Gasteiger partial charge is 0.295 e. The SMILES string of the molecule is CC(=O)NCCN1C(=O)C(=O)C(=C(O)c2ccc(Cl)cc2)[C@H]1c1ccccc1F. The average Bonchev–Trinajstić information content (AvgIpc) is 2.93. The number of likely N-dealkylation sites (tertiary alicyclic amines) is 1. The van der Waals surface area contributed by atoms with E-state index in [2.05, 4.69) is 5.32 Å². The van der Waals surface area contributed by atoms with Gasteiger partial charge in [0.25, 0.3) is 11.7 Å². The van der Waals surface area contributed by atoms with Crippen LogP contribution >= 0.6 is 11.6 Å². The van der Waals surface area contributed by atoms with Crippen molar-refractivity contribution >= 4 is 35.0 Å². The number of rotatable bonds is 5. The monoisotopic (exact) mass is 416 g/mol. The van der Waals surface area contributed by atoms with Crippen LogP contribution in [0.1, 0.15) is 24.1 Å². The van der Waals surface area contributed by atoms with Crippen LogP contribution in [0.25, 0.3) is 5.76 Å². The Bertz CT molecular complexity index is 1000. The van der Waals surface area contributed by atoms with Crippen molar-refractivity contribution in [1.82, 2.24) is 10.2 Å². The minimum atomic E-state index is -1.12. The van der Waals surface area contributed by atoms with Crippen LogP contribution in [0, 0.1) is 5.82 Å². The van der Waals surface area contributed by atoms with Crippen LogP contribution < -0.4 is 5.32 Å². The zero-order valence-electron chi connectivity index (χ0n) is 15.5. The third-order valence-corrected chi connectivity index (χ3v) is 4.84. The van der Waals surface area contributed by atoms with Gasteiger partial charge in [-0.2, -0.15) is 0 Å². The van der Waals surface area contributed by atoms with Gasteiger partial charge in [-0.15, -0.1) is 0 Å². The Morgan fingerprint density at radius 1 is 1.17 bits per heavy atom. The molecule has 1 aliphatic rings. The average molecular weight is 417 g/mol. The van der Waals surface area contributed by atoms with Crippen molar-refractivity contribution in [2.75, 3.05) is 13.1 Å². The minimum absolute atomic E-state index is 0.0272. The number of amides is 2. The van der Waals surface area contributed by atoms with Crippen LogP contribution in [0.4, 0.5) is 4.39 Å². The molecule has 2 N–H and O–H groups in total. The third kappa shape index (κ3) is 4.14. The Balaban J connectivity index is 2.12. The third-order valence-electron chi connectivity index (χ3n) is 4.58. The van der Waals surface area contributed by atoms with Crippen LogP contribution in [-0.4, -0.2) is 40.7 Å². The van der Waals surface area contributed by atoms with E-state index in [1.54, 1.807) is 6.07 Å². The number of aliphatic hydroxyl groups excluding tert-OH is 1. The van der Waals surface area contributed by atoms with Crippen molar-refractivity contribution in [3.8, 4) is 0 Å². The molecule has 0 radical (unpaired) electrons. The predicted octanol–water partition coefficient (Wildman–Crippen LogP) is 3.04. The number of nitrogens with zero attached hydrogens (tertiary/aromatic N) is 1. The van der Waals surface area contributed by atoms with E-state index in [1.807, 2.05) is 0 Å². The highest BCUT2D eigenvalue weighted by Gasteiger charge is 2.46. The van der Waals surface area contributed by atoms with Crippen LogP contribution in [0.5, 0.6) is 0 Å². The normalized spacial score (nSPS) is 18.2. The van der Waals surface area contributed by atoms with Crippen LogP contribution in [0.15, 0.2) is 54.1 Å². The molecule has 29 heavy (non-hydrogen) atoms. The predicted molar refractivity (Wildman–Crippen MR) is 106 cm³/mol. The van der Waals surface area contributed by atoms with E-state index in [-0.39, 0.29) is 35.7 Å². The first-order valence-electron chi connectivity index (χ1n) is 8.84. The summed E-state index contributed by atoms with van der Waals surface area (Å²) in [7, 11) is 0. The summed E-state index contributed by atoms with van der Waals surface area (Å²) in [6.07, 6.45) is 0. The van der Waals surface area contributed by atoms with Crippen molar-refractivity contribution < 1.29 is 23.9 Å². The number of nitrogens with one attached hydrogen (secondary N) is 1. The first kappa shape index (κ1) is 20.5. The summed E-state index contributed by atoms with van der Waals surface area (Å²) in [5.74, 6) is -3.14. The molecule has 0 aromatic heterocycles. The first-order valence-corrected chi connectivity index (χ1v) is 9.22. The van der Waals surface area contributed by atoms with Crippen molar-refractivity contribution in [3.05, 3.63) is 76.1 Å². The van der Waals surface area contributed by atoms with Gasteiger partial charge in [0.1, 0.15) is 11.6 Å². The molecule has 0 aliphatic carbocycles. The van der Waals surface area contributed by atoms with Gasteiger partial charge in [0.2, 0.25) is 5.91 Å². The Hall–Kier alpha value is -3.19. The highest BCUT2D eigenvalue weighted by Crippen LogP contribution is 2.40. The molecule has 0 bridgehead atoms. The molecule has 0 spiro atoms. The number of halogens is 2. The maximum atomic E-state index is 14.6. The van der Waals surface area contributed by atoms with Gasteiger partial charge in [-0.3, -0.25) is 14.4 Å². The lowest BCUT2D eigenvalue weighted by Gasteiger charge is -2.25. The molecule has 1 aliphatic heterocycles. The molecule has 0 unspecified atom stereocenters. The van der Waals surface area contributed by atoms with Gasteiger partial charge in [-0.25, -0.2) is 4.39 Å². The molecule has 2 aromatic rings. The minimum Gasteiger partial charge on any atom is -0.507 e. The Kier molecular flexibility index (Phi) is 5.98. The quantitative estimate of drug-likeness (QED) is 0.445. The second-order valence-corrected chi connectivity index (χ2v) is 6.94. The van der Waals surface area contributed by atoms with Gasteiger partial charge in [0.05, 0.1) is 11.6 Å². The topological polar surface area (TPSA) is 86.7 Å². The fourth-order valence-corrected chi connectivity index (χ4v) is 3.37. The number of Topliss-reactive ketones (excluding diaryl/α,β-unsaturated/α-hetero) is 1. The van der Waals surface area contributed by atoms with Gasteiger partial charge in [-0.1, -0.05) is 29.8 Å². The van der Waals surface area contributed by atoms with Crippen LogP contribution in [0.3, 0.4) is 0 Å². The first-order chi connectivity index (χ1) is 13.8. The molecule has 2 amide bonds. The standard InChI is InChI=1S/C21H18ClFN2O4/c1-12(26)24-10-11-25-18(15-4-2-3-5-16(15)23)17(20(28)21(25)29)19(27)13-6-8-14(22)9-7-13/h2-9,18,27H,10-11H2,1H3,(H,24,26)/t18-/m1/s1. The lowest BCUT2D eigenvalue weighted by Crippen LogP contribution is -2.37. The summed E-state index contributed by atoms with van der Waals surface area (Å²) in [5.41, 5.74) is 0.130. The molecule has 0 saturated carbocycles. The van der Waals surface area contributed by atoms with E-state index < -0.39 is 29.3 Å². The molecule has 3 rings (SSSR count). The summed E-state index contributed by atoms with van der Waals surface area (Å²) in [4.78, 5) is 37.7. The number of carbonyl (C=O) groups is 3. The number of ketones is 1. The maximum Gasteiger partial charge on any atom is 0.295 e. The molecule has 1 heterocycles.